The molecule has 0 N–H and O–H groups in total. The van der Waals surface area contributed by atoms with Gasteiger partial charge in [0, 0.05) is 13.1 Å². The number of methoxy groups -OCH3 is 1. The van der Waals surface area contributed by atoms with Crippen LogP contribution in [0.15, 0.2) is 18.2 Å². The van der Waals surface area contributed by atoms with Crippen molar-refractivity contribution in [3.05, 3.63) is 34.6 Å². The van der Waals surface area contributed by atoms with Crippen molar-refractivity contribution in [2.75, 3.05) is 26.9 Å². The van der Waals surface area contributed by atoms with Gasteiger partial charge in [-0.25, -0.2) is 4.39 Å². The lowest BCUT2D eigenvalue weighted by atomic mass is 10.1. The molecule has 104 valence electrons. The standard InChI is InChI=1S/C13H15ClFNO3/c1-18-13(17)11-8-19-6-5-16(11)7-9-3-2-4-10(15)12(9)14/h2-4,11H,5-8H2,1H3. The zero-order valence-electron chi connectivity index (χ0n) is 10.6. The topological polar surface area (TPSA) is 38.8 Å². The molecule has 0 spiro atoms. The number of carbonyl (C=O) groups excluding carboxylic acids is 1. The molecule has 1 atom stereocenters. The Morgan fingerprint density at radius 1 is 1.63 bits per heavy atom. The Morgan fingerprint density at radius 3 is 3.16 bits per heavy atom. The molecule has 1 fully saturated rings. The Morgan fingerprint density at radius 2 is 2.42 bits per heavy atom. The van der Waals surface area contributed by atoms with Crippen molar-refractivity contribution in [1.82, 2.24) is 4.90 Å². The van der Waals surface area contributed by atoms with E-state index in [1.54, 1.807) is 12.1 Å². The van der Waals surface area contributed by atoms with Crippen LogP contribution in [0.5, 0.6) is 0 Å². The highest BCUT2D eigenvalue weighted by Gasteiger charge is 2.30. The van der Waals surface area contributed by atoms with Crippen LogP contribution in [0.2, 0.25) is 5.02 Å². The molecule has 0 aliphatic carbocycles. The zero-order valence-corrected chi connectivity index (χ0v) is 11.3. The van der Waals surface area contributed by atoms with E-state index in [0.29, 0.717) is 25.3 Å². The highest BCUT2D eigenvalue weighted by atomic mass is 35.5. The molecule has 4 nitrogen and oxygen atoms in total. The van der Waals surface area contributed by atoms with Gasteiger partial charge in [-0.05, 0) is 11.6 Å². The Hall–Kier alpha value is -1.17. The summed E-state index contributed by atoms with van der Waals surface area (Å²) in [7, 11) is 1.34. The SMILES string of the molecule is COC(=O)C1COCCN1Cc1cccc(F)c1Cl. The van der Waals surface area contributed by atoms with Crippen LogP contribution >= 0.6 is 11.6 Å². The number of ether oxygens (including phenoxy) is 2. The van der Waals surface area contributed by atoms with Crippen LogP contribution in [-0.2, 0) is 20.8 Å². The molecule has 1 aliphatic rings. The number of rotatable bonds is 3. The molecule has 0 saturated carbocycles. The fraction of sp³-hybridized carbons (Fsp3) is 0.462. The van der Waals surface area contributed by atoms with E-state index in [1.165, 1.54) is 13.2 Å². The van der Waals surface area contributed by atoms with E-state index in [1.807, 2.05) is 4.90 Å². The number of nitrogens with zero attached hydrogens (tertiary/aromatic N) is 1. The largest absolute Gasteiger partial charge is 0.468 e. The number of morpholine rings is 1. The van der Waals surface area contributed by atoms with Gasteiger partial charge in [0.2, 0.25) is 0 Å². The molecule has 1 aromatic carbocycles. The summed E-state index contributed by atoms with van der Waals surface area (Å²) in [6, 6.07) is 4.18. The maximum Gasteiger partial charge on any atom is 0.325 e. The second-order valence-corrected chi connectivity index (χ2v) is 4.68. The first-order chi connectivity index (χ1) is 9.13. The van der Waals surface area contributed by atoms with Crippen molar-refractivity contribution in [2.24, 2.45) is 0 Å². The molecule has 2 rings (SSSR count). The minimum Gasteiger partial charge on any atom is -0.468 e. The van der Waals surface area contributed by atoms with Crippen LogP contribution in [0, 0.1) is 5.82 Å². The number of benzene rings is 1. The molecule has 1 aliphatic heterocycles. The van der Waals surface area contributed by atoms with E-state index in [-0.39, 0.29) is 17.6 Å². The summed E-state index contributed by atoms with van der Waals surface area (Å²) in [6.07, 6.45) is 0. The number of hydrogen-bond acceptors (Lipinski definition) is 4. The molecule has 0 aromatic heterocycles. The molecule has 1 unspecified atom stereocenters. The maximum absolute atomic E-state index is 13.4. The first-order valence-corrected chi connectivity index (χ1v) is 6.33. The molecule has 19 heavy (non-hydrogen) atoms. The number of carbonyl (C=O) groups is 1. The second kappa shape index (κ2) is 6.32. The quantitative estimate of drug-likeness (QED) is 0.796. The highest BCUT2D eigenvalue weighted by molar-refractivity contribution is 6.31. The Bertz CT molecular complexity index is 469. The van der Waals surface area contributed by atoms with E-state index < -0.39 is 11.9 Å². The lowest BCUT2D eigenvalue weighted by Crippen LogP contribution is -2.49. The first kappa shape index (κ1) is 14.2. The Balaban J connectivity index is 2.15. The van der Waals surface area contributed by atoms with Gasteiger partial charge in [-0.1, -0.05) is 23.7 Å². The van der Waals surface area contributed by atoms with E-state index in [4.69, 9.17) is 21.1 Å². The fourth-order valence-electron chi connectivity index (χ4n) is 2.07. The normalized spacial score (nSPS) is 20.3. The van der Waals surface area contributed by atoms with Gasteiger partial charge in [0.25, 0.3) is 0 Å². The number of halogens is 2. The van der Waals surface area contributed by atoms with Crippen LogP contribution in [0.1, 0.15) is 5.56 Å². The highest BCUT2D eigenvalue weighted by Crippen LogP contribution is 2.23. The van der Waals surface area contributed by atoms with Crippen molar-refractivity contribution < 1.29 is 18.7 Å². The lowest BCUT2D eigenvalue weighted by Gasteiger charge is -2.33. The van der Waals surface area contributed by atoms with Gasteiger partial charge in [-0.15, -0.1) is 0 Å². The molecular weight excluding hydrogens is 273 g/mol. The van der Waals surface area contributed by atoms with Gasteiger partial charge in [0.1, 0.15) is 11.9 Å². The summed E-state index contributed by atoms with van der Waals surface area (Å²) in [5.74, 6) is -0.811. The first-order valence-electron chi connectivity index (χ1n) is 5.96. The average molecular weight is 288 g/mol. The number of hydrogen-bond donors (Lipinski definition) is 0. The second-order valence-electron chi connectivity index (χ2n) is 4.30. The smallest absolute Gasteiger partial charge is 0.325 e. The summed E-state index contributed by atoms with van der Waals surface area (Å²) >= 11 is 5.92. The van der Waals surface area contributed by atoms with Gasteiger partial charge in [-0.2, -0.15) is 0 Å². The average Bonchev–Trinajstić information content (AvgIpc) is 2.43. The molecule has 1 saturated heterocycles. The third kappa shape index (κ3) is 3.23. The minimum atomic E-state index is -0.474. The van der Waals surface area contributed by atoms with Crippen LogP contribution in [-0.4, -0.2) is 43.8 Å². The van der Waals surface area contributed by atoms with Crippen molar-refractivity contribution in [3.8, 4) is 0 Å². The summed E-state index contributed by atoms with van der Waals surface area (Å²) in [5.41, 5.74) is 0.650. The van der Waals surface area contributed by atoms with E-state index in [9.17, 15) is 9.18 Å². The predicted molar refractivity (Wildman–Crippen MR) is 68.4 cm³/mol. The van der Waals surface area contributed by atoms with E-state index in [2.05, 4.69) is 0 Å². The predicted octanol–water partition coefficient (Wildman–Crippen LogP) is 1.85. The van der Waals surface area contributed by atoms with Crippen molar-refractivity contribution in [1.29, 1.82) is 0 Å². The molecule has 6 heteroatoms. The van der Waals surface area contributed by atoms with Crippen molar-refractivity contribution in [3.63, 3.8) is 0 Å². The summed E-state index contributed by atoms with van der Waals surface area (Å²) in [6.45, 7) is 1.77. The lowest BCUT2D eigenvalue weighted by molar-refractivity contribution is -0.153. The molecule has 1 aromatic rings. The Kier molecular flexibility index (Phi) is 4.74. The molecule has 1 heterocycles. The van der Waals surface area contributed by atoms with Crippen LogP contribution in [0.25, 0.3) is 0 Å². The molecule has 0 bridgehead atoms. The summed E-state index contributed by atoms with van der Waals surface area (Å²) in [4.78, 5) is 13.6. The van der Waals surface area contributed by atoms with Gasteiger partial charge in [-0.3, -0.25) is 9.69 Å². The molecule has 0 amide bonds. The van der Waals surface area contributed by atoms with Crippen molar-refractivity contribution >= 4 is 17.6 Å². The van der Waals surface area contributed by atoms with E-state index in [0.717, 1.165) is 0 Å². The third-order valence-electron chi connectivity index (χ3n) is 3.12. The van der Waals surface area contributed by atoms with E-state index >= 15 is 0 Å². The van der Waals surface area contributed by atoms with Gasteiger partial charge in [0.05, 0.1) is 25.3 Å². The fourth-order valence-corrected chi connectivity index (χ4v) is 2.26. The summed E-state index contributed by atoms with van der Waals surface area (Å²) < 4.78 is 23.4. The van der Waals surface area contributed by atoms with Crippen LogP contribution in [0.3, 0.4) is 0 Å². The van der Waals surface area contributed by atoms with Crippen molar-refractivity contribution in [2.45, 2.75) is 12.6 Å². The third-order valence-corrected chi connectivity index (χ3v) is 3.54. The molecular formula is C13H15ClFNO3. The van der Waals surface area contributed by atoms with Gasteiger partial charge < -0.3 is 9.47 Å². The monoisotopic (exact) mass is 287 g/mol. The molecule has 0 radical (unpaired) electrons. The minimum absolute atomic E-state index is 0.0950. The summed E-state index contributed by atoms with van der Waals surface area (Å²) in [5, 5.41) is 0.0950. The van der Waals surface area contributed by atoms with Gasteiger partial charge in [0.15, 0.2) is 0 Å². The zero-order chi connectivity index (χ0) is 13.8. The Labute approximate surface area is 116 Å². The van der Waals surface area contributed by atoms with Crippen LogP contribution < -0.4 is 0 Å². The number of esters is 1. The van der Waals surface area contributed by atoms with Crippen LogP contribution in [0.4, 0.5) is 4.39 Å². The maximum atomic E-state index is 13.4. The van der Waals surface area contributed by atoms with Gasteiger partial charge >= 0.3 is 5.97 Å².